The van der Waals surface area contributed by atoms with Crippen molar-refractivity contribution >= 4 is 34.4 Å². The zero-order chi connectivity index (χ0) is 22.5. The molecule has 2 amide bonds. The Labute approximate surface area is 189 Å². The van der Waals surface area contributed by atoms with Crippen molar-refractivity contribution in [3.05, 3.63) is 70.3 Å². The number of hydrogen-bond donors (Lipinski definition) is 2. The van der Waals surface area contributed by atoms with Crippen LogP contribution in [0.15, 0.2) is 47.4 Å². The standard InChI is InChI=1S/C23H22N4O4S/c1-27-9-2-3-16(27)13-25-23(29)31-17-5-6-18-19(12-24)22(32-20(18)11-17)26-21(28)7-4-15-8-10-30-14-15/h2-4,7-10,14,17H,5-6,11,13H2,1H3,(H,25,29)(H,26,28). The summed E-state index contributed by atoms with van der Waals surface area (Å²) in [6.07, 6.45) is 9.04. The number of fused-ring (bicyclic) bond motifs is 1. The van der Waals surface area contributed by atoms with Gasteiger partial charge in [-0.3, -0.25) is 4.79 Å². The summed E-state index contributed by atoms with van der Waals surface area (Å²) in [4.78, 5) is 25.5. The maximum atomic E-state index is 12.3. The lowest BCUT2D eigenvalue weighted by atomic mass is 9.94. The van der Waals surface area contributed by atoms with Crippen LogP contribution < -0.4 is 10.6 Å². The number of anilines is 1. The fourth-order valence-electron chi connectivity index (χ4n) is 3.59. The van der Waals surface area contributed by atoms with Gasteiger partial charge in [0.1, 0.15) is 17.2 Å². The first-order valence-electron chi connectivity index (χ1n) is 10.1. The molecule has 9 heteroatoms. The van der Waals surface area contributed by atoms with Gasteiger partial charge in [-0.15, -0.1) is 11.3 Å². The van der Waals surface area contributed by atoms with Crippen LogP contribution in [0.2, 0.25) is 0 Å². The molecule has 0 bridgehead atoms. The summed E-state index contributed by atoms with van der Waals surface area (Å²) in [6.45, 7) is 0.389. The Bertz CT molecular complexity index is 1180. The van der Waals surface area contributed by atoms with Gasteiger partial charge in [0.15, 0.2) is 0 Å². The van der Waals surface area contributed by atoms with Crippen LogP contribution in [0.25, 0.3) is 6.08 Å². The van der Waals surface area contributed by atoms with E-state index in [1.54, 1.807) is 12.1 Å². The molecule has 4 rings (SSSR count). The van der Waals surface area contributed by atoms with Crippen LogP contribution in [0.3, 0.4) is 0 Å². The van der Waals surface area contributed by atoms with Gasteiger partial charge in [-0.1, -0.05) is 0 Å². The number of rotatable bonds is 6. The third-order valence-electron chi connectivity index (χ3n) is 5.28. The summed E-state index contributed by atoms with van der Waals surface area (Å²) in [5.74, 6) is -0.325. The molecular formula is C23H22N4O4S. The summed E-state index contributed by atoms with van der Waals surface area (Å²) in [5, 5.41) is 15.7. The van der Waals surface area contributed by atoms with Gasteiger partial charge >= 0.3 is 6.09 Å². The van der Waals surface area contributed by atoms with Gasteiger partial charge in [-0.2, -0.15) is 5.26 Å². The lowest BCUT2D eigenvalue weighted by Gasteiger charge is -2.22. The van der Waals surface area contributed by atoms with E-state index in [1.807, 2.05) is 29.9 Å². The molecule has 1 atom stereocenters. The molecule has 3 aromatic rings. The SMILES string of the molecule is Cn1cccc1CNC(=O)OC1CCc2c(sc(NC(=O)C=Cc3ccoc3)c2C#N)C1. The summed E-state index contributed by atoms with van der Waals surface area (Å²) < 4.78 is 12.5. The average molecular weight is 451 g/mol. The van der Waals surface area contributed by atoms with Crippen molar-refractivity contribution in [2.75, 3.05) is 5.32 Å². The number of hydrogen-bond acceptors (Lipinski definition) is 6. The number of carbonyl (C=O) groups is 2. The van der Waals surface area contributed by atoms with Gasteiger partial charge in [0, 0.05) is 41.9 Å². The molecule has 0 aromatic carbocycles. The summed E-state index contributed by atoms with van der Waals surface area (Å²) in [5.41, 5.74) is 3.17. The van der Waals surface area contributed by atoms with Gasteiger partial charge in [0.05, 0.1) is 24.6 Å². The Morgan fingerprint density at radius 3 is 3.03 bits per heavy atom. The Kier molecular flexibility index (Phi) is 6.42. The third-order valence-corrected chi connectivity index (χ3v) is 6.45. The van der Waals surface area contributed by atoms with Crippen LogP contribution in [-0.4, -0.2) is 22.7 Å². The molecule has 8 nitrogen and oxygen atoms in total. The molecule has 3 heterocycles. The molecule has 3 aromatic heterocycles. The number of thiophene rings is 1. The molecule has 0 radical (unpaired) electrons. The highest BCUT2D eigenvalue weighted by Crippen LogP contribution is 2.38. The van der Waals surface area contributed by atoms with Gasteiger partial charge in [-0.25, -0.2) is 4.79 Å². The molecule has 0 saturated carbocycles. The summed E-state index contributed by atoms with van der Waals surface area (Å²) >= 11 is 1.36. The highest BCUT2D eigenvalue weighted by atomic mass is 32.1. The minimum atomic E-state index is -0.463. The predicted octanol–water partition coefficient (Wildman–Crippen LogP) is 3.99. The van der Waals surface area contributed by atoms with Crippen molar-refractivity contribution < 1.29 is 18.7 Å². The number of amides is 2. The fourth-order valence-corrected chi connectivity index (χ4v) is 4.86. The van der Waals surface area contributed by atoms with E-state index < -0.39 is 6.09 Å². The smallest absolute Gasteiger partial charge is 0.407 e. The van der Waals surface area contributed by atoms with E-state index in [1.165, 1.54) is 29.9 Å². The van der Waals surface area contributed by atoms with Crippen molar-refractivity contribution in [2.45, 2.75) is 31.9 Å². The highest BCUT2D eigenvalue weighted by Gasteiger charge is 2.28. The van der Waals surface area contributed by atoms with E-state index in [0.29, 0.717) is 36.4 Å². The monoisotopic (exact) mass is 450 g/mol. The first-order chi connectivity index (χ1) is 15.5. The zero-order valence-corrected chi connectivity index (χ0v) is 18.3. The second-order valence-electron chi connectivity index (χ2n) is 7.43. The van der Waals surface area contributed by atoms with Crippen molar-refractivity contribution in [3.63, 3.8) is 0 Å². The molecule has 0 saturated heterocycles. The molecule has 1 unspecified atom stereocenters. The van der Waals surface area contributed by atoms with Crippen LogP contribution in [0.5, 0.6) is 0 Å². The number of carbonyl (C=O) groups excluding carboxylic acids is 2. The Morgan fingerprint density at radius 2 is 2.31 bits per heavy atom. The number of ether oxygens (including phenoxy) is 1. The molecule has 1 aliphatic carbocycles. The molecule has 164 valence electrons. The Hall–Kier alpha value is -3.77. The first kappa shape index (κ1) is 21.5. The number of aryl methyl sites for hydroxylation is 1. The lowest BCUT2D eigenvalue weighted by molar-refractivity contribution is -0.111. The van der Waals surface area contributed by atoms with Crippen LogP contribution in [0, 0.1) is 11.3 Å². The Balaban J connectivity index is 1.36. The number of nitriles is 1. The highest BCUT2D eigenvalue weighted by molar-refractivity contribution is 7.16. The fraction of sp³-hybridized carbons (Fsp3) is 0.261. The lowest BCUT2D eigenvalue weighted by Crippen LogP contribution is -2.32. The van der Waals surface area contributed by atoms with Crippen LogP contribution in [0.1, 0.15) is 33.7 Å². The molecule has 0 fully saturated rings. The van der Waals surface area contributed by atoms with Crippen molar-refractivity contribution in [2.24, 2.45) is 7.05 Å². The minimum absolute atomic E-state index is 0.273. The first-order valence-corrected chi connectivity index (χ1v) is 11.0. The molecule has 2 N–H and O–H groups in total. The molecular weight excluding hydrogens is 428 g/mol. The molecule has 1 aliphatic rings. The van der Waals surface area contributed by atoms with Crippen molar-refractivity contribution in [1.29, 1.82) is 5.26 Å². The van der Waals surface area contributed by atoms with Gasteiger partial charge in [0.2, 0.25) is 5.91 Å². The number of furan rings is 1. The maximum Gasteiger partial charge on any atom is 0.407 e. The van der Waals surface area contributed by atoms with E-state index in [-0.39, 0.29) is 12.0 Å². The largest absolute Gasteiger partial charge is 0.472 e. The summed E-state index contributed by atoms with van der Waals surface area (Å²) in [7, 11) is 1.91. The van der Waals surface area contributed by atoms with E-state index in [0.717, 1.165) is 21.7 Å². The number of alkyl carbamates (subject to hydrolysis) is 1. The van der Waals surface area contributed by atoms with Gasteiger partial charge in [0.25, 0.3) is 0 Å². The van der Waals surface area contributed by atoms with E-state index >= 15 is 0 Å². The normalized spacial score (nSPS) is 15.2. The predicted molar refractivity (Wildman–Crippen MR) is 120 cm³/mol. The van der Waals surface area contributed by atoms with E-state index in [9.17, 15) is 14.9 Å². The second kappa shape index (κ2) is 9.58. The molecule has 0 spiro atoms. The van der Waals surface area contributed by atoms with Gasteiger partial charge < -0.3 is 24.4 Å². The zero-order valence-electron chi connectivity index (χ0n) is 17.5. The van der Waals surface area contributed by atoms with Crippen molar-refractivity contribution in [3.8, 4) is 6.07 Å². The minimum Gasteiger partial charge on any atom is -0.472 e. The number of aromatic nitrogens is 1. The summed E-state index contributed by atoms with van der Waals surface area (Å²) in [6, 6.07) is 7.80. The molecule has 32 heavy (non-hydrogen) atoms. The molecule has 0 aliphatic heterocycles. The average Bonchev–Trinajstić information content (AvgIpc) is 3.50. The second-order valence-corrected chi connectivity index (χ2v) is 8.54. The van der Waals surface area contributed by atoms with E-state index in [4.69, 9.17) is 9.15 Å². The topological polar surface area (TPSA) is 109 Å². The third kappa shape index (κ3) is 4.92. The van der Waals surface area contributed by atoms with Crippen molar-refractivity contribution in [1.82, 2.24) is 9.88 Å². The number of nitrogens with one attached hydrogen (secondary N) is 2. The number of nitrogens with zero attached hydrogens (tertiary/aromatic N) is 2. The van der Waals surface area contributed by atoms with Crippen LogP contribution in [0.4, 0.5) is 9.80 Å². The van der Waals surface area contributed by atoms with Crippen LogP contribution in [-0.2, 0) is 36.0 Å². The Morgan fingerprint density at radius 1 is 1.44 bits per heavy atom. The van der Waals surface area contributed by atoms with Gasteiger partial charge in [-0.05, 0) is 42.7 Å². The maximum absolute atomic E-state index is 12.3. The van der Waals surface area contributed by atoms with E-state index in [2.05, 4.69) is 16.7 Å². The quantitative estimate of drug-likeness (QED) is 0.552. The van der Waals surface area contributed by atoms with Crippen LogP contribution >= 0.6 is 11.3 Å².